The van der Waals surface area contributed by atoms with Gasteiger partial charge < -0.3 is 26.5 Å². The van der Waals surface area contributed by atoms with Gasteiger partial charge in [-0.25, -0.2) is 4.98 Å². The molecule has 0 saturated heterocycles. The van der Waals surface area contributed by atoms with Gasteiger partial charge in [-0.2, -0.15) is 0 Å². The molecule has 0 bridgehead atoms. The third-order valence-corrected chi connectivity index (χ3v) is 5.84. The molecule has 0 aliphatic heterocycles. The van der Waals surface area contributed by atoms with Crippen LogP contribution in [0.25, 0.3) is 10.9 Å². The quantitative estimate of drug-likeness (QED) is 0.254. The normalized spacial score (nSPS) is 12.7. The zero-order chi connectivity index (χ0) is 25.3. The number of para-hydroxylation sites is 1. The highest BCUT2D eigenvalue weighted by Crippen LogP contribution is 2.21. The molecule has 2 heterocycles. The first-order valence-electron chi connectivity index (χ1n) is 11.9. The zero-order valence-electron chi connectivity index (χ0n) is 19.9. The second-order valence-electron chi connectivity index (χ2n) is 8.56. The van der Waals surface area contributed by atoms with Gasteiger partial charge in [0.15, 0.2) is 5.69 Å². The first-order valence-corrected chi connectivity index (χ1v) is 11.9. The van der Waals surface area contributed by atoms with Gasteiger partial charge >= 0.3 is 0 Å². The Hall–Kier alpha value is -4.08. The molecule has 2 aromatic carbocycles. The molecule has 2 aromatic heterocycles. The summed E-state index contributed by atoms with van der Waals surface area (Å²) in [6, 6.07) is 18.1. The molecule has 0 aliphatic carbocycles. The van der Waals surface area contributed by atoms with Crippen LogP contribution in [0.5, 0.6) is 0 Å². The molecular formula is C27H30N6O3. The molecule has 2 atom stereocenters. The molecule has 0 saturated carbocycles. The number of carbonyl (C=O) groups excluding carboxylic acids is 2. The van der Waals surface area contributed by atoms with Gasteiger partial charge in [-0.05, 0) is 49.9 Å². The van der Waals surface area contributed by atoms with E-state index in [9.17, 15) is 9.59 Å². The molecule has 0 spiro atoms. The number of aryl methyl sites for hydroxylation is 1. The first-order chi connectivity index (χ1) is 17.5. The lowest BCUT2D eigenvalue weighted by Crippen LogP contribution is -2.42. The van der Waals surface area contributed by atoms with E-state index in [0.717, 1.165) is 16.5 Å². The second-order valence-corrected chi connectivity index (χ2v) is 8.56. The van der Waals surface area contributed by atoms with E-state index >= 15 is 0 Å². The number of nitrogens with one attached hydrogen (secondary N) is 2. The van der Waals surface area contributed by atoms with Crippen LogP contribution in [0.15, 0.2) is 77.5 Å². The Bertz CT molecular complexity index is 1310. The maximum absolute atomic E-state index is 12.8. The van der Waals surface area contributed by atoms with Crippen LogP contribution in [0.3, 0.4) is 0 Å². The number of aromatic nitrogens is 2. The van der Waals surface area contributed by atoms with Crippen LogP contribution in [-0.2, 0) is 11.2 Å². The largest absolute Gasteiger partial charge is 0.446 e. The highest BCUT2D eigenvalue weighted by Gasteiger charge is 2.24. The first kappa shape index (κ1) is 25.0. The van der Waals surface area contributed by atoms with Crippen LogP contribution < -0.4 is 22.1 Å². The fraction of sp³-hybridized carbons (Fsp3) is 0.259. The van der Waals surface area contributed by atoms with Crippen molar-refractivity contribution in [1.82, 2.24) is 15.3 Å². The standard InChI is InChI=1S/C27H30N6O3/c28-14-6-10-21(29)25(34)32-23(13-12-18-7-2-1-3-8-18)27-33-24(17-36-27)26(35)31-20-15-19-9-4-5-11-22(19)30-16-20/h1-5,7-9,11,15-17,21,23H,6,10,12-14,28-29H2,(H,31,35)(H,32,34)/t21-,23-/m1/s1. The number of benzene rings is 2. The van der Waals surface area contributed by atoms with Crippen molar-refractivity contribution in [3.05, 3.63) is 90.3 Å². The van der Waals surface area contributed by atoms with E-state index in [0.29, 0.717) is 37.9 Å². The number of pyridine rings is 1. The molecule has 2 amide bonds. The van der Waals surface area contributed by atoms with Gasteiger partial charge in [-0.15, -0.1) is 0 Å². The van der Waals surface area contributed by atoms with Crippen molar-refractivity contribution in [1.29, 1.82) is 0 Å². The summed E-state index contributed by atoms with van der Waals surface area (Å²) in [4.78, 5) is 34.3. The van der Waals surface area contributed by atoms with Crippen LogP contribution in [0, 0.1) is 0 Å². The SMILES string of the molecule is NCCC[C@@H](N)C(=O)N[C@H](CCc1ccccc1)c1nc(C(=O)Nc2cnc3ccccc3c2)co1. The Morgan fingerprint density at radius 3 is 2.61 bits per heavy atom. The Balaban J connectivity index is 1.47. The number of oxazole rings is 1. The summed E-state index contributed by atoms with van der Waals surface area (Å²) in [5.74, 6) is -0.505. The smallest absolute Gasteiger partial charge is 0.277 e. The molecule has 0 unspecified atom stereocenters. The summed E-state index contributed by atoms with van der Waals surface area (Å²) in [6.45, 7) is 0.462. The third kappa shape index (κ3) is 6.53. The molecule has 36 heavy (non-hydrogen) atoms. The third-order valence-electron chi connectivity index (χ3n) is 5.84. The fourth-order valence-corrected chi connectivity index (χ4v) is 3.85. The lowest BCUT2D eigenvalue weighted by Gasteiger charge is -2.18. The van der Waals surface area contributed by atoms with E-state index in [1.807, 2.05) is 60.7 Å². The van der Waals surface area contributed by atoms with E-state index in [-0.39, 0.29) is 17.5 Å². The van der Waals surface area contributed by atoms with Gasteiger partial charge in [0.2, 0.25) is 11.8 Å². The van der Waals surface area contributed by atoms with Crippen LogP contribution in [0.4, 0.5) is 5.69 Å². The fourth-order valence-electron chi connectivity index (χ4n) is 3.85. The van der Waals surface area contributed by atoms with E-state index in [2.05, 4.69) is 20.6 Å². The average molecular weight is 487 g/mol. The highest BCUT2D eigenvalue weighted by atomic mass is 16.3. The van der Waals surface area contributed by atoms with Crippen molar-refractivity contribution in [3.8, 4) is 0 Å². The number of nitrogens with two attached hydrogens (primary N) is 2. The Labute approximate surface area is 209 Å². The molecule has 0 radical (unpaired) electrons. The van der Waals surface area contributed by atoms with Crippen LogP contribution in [0.1, 0.15) is 47.2 Å². The predicted molar refractivity (Wildman–Crippen MR) is 138 cm³/mol. The van der Waals surface area contributed by atoms with Crippen molar-refractivity contribution >= 4 is 28.4 Å². The number of anilines is 1. The molecule has 186 valence electrons. The molecule has 4 aromatic rings. The van der Waals surface area contributed by atoms with Crippen molar-refractivity contribution in [2.75, 3.05) is 11.9 Å². The number of amides is 2. The number of fused-ring (bicyclic) bond motifs is 1. The van der Waals surface area contributed by atoms with E-state index in [1.165, 1.54) is 6.26 Å². The summed E-state index contributed by atoms with van der Waals surface area (Å²) in [5, 5.41) is 6.64. The van der Waals surface area contributed by atoms with E-state index in [4.69, 9.17) is 15.9 Å². The van der Waals surface area contributed by atoms with E-state index < -0.39 is 18.0 Å². The second kappa shape index (κ2) is 12.1. The van der Waals surface area contributed by atoms with Gasteiger partial charge in [0.25, 0.3) is 5.91 Å². The van der Waals surface area contributed by atoms with Gasteiger partial charge in [0.05, 0.1) is 23.4 Å². The predicted octanol–water partition coefficient (Wildman–Crippen LogP) is 3.33. The molecule has 0 fully saturated rings. The van der Waals surface area contributed by atoms with Crippen LogP contribution in [-0.4, -0.2) is 34.4 Å². The number of carbonyl (C=O) groups is 2. The Morgan fingerprint density at radius 2 is 1.81 bits per heavy atom. The van der Waals surface area contributed by atoms with Gasteiger partial charge in [-0.3, -0.25) is 14.6 Å². The summed E-state index contributed by atoms with van der Waals surface area (Å²) in [6.07, 6.45) is 5.21. The highest BCUT2D eigenvalue weighted by molar-refractivity contribution is 6.03. The average Bonchev–Trinajstić information content (AvgIpc) is 3.40. The van der Waals surface area contributed by atoms with Gasteiger partial charge in [-0.1, -0.05) is 48.5 Å². The topological polar surface area (TPSA) is 149 Å². The van der Waals surface area contributed by atoms with Crippen LogP contribution >= 0.6 is 0 Å². The molecular weight excluding hydrogens is 456 g/mol. The lowest BCUT2D eigenvalue weighted by molar-refractivity contribution is -0.123. The number of hydrogen-bond acceptors (Lipinski definition) is 7. The minimum absolute atomic E-state index is 0.101. The molecule has 4 rings (SSSR count). The minimum Gasteiger partial charge on any atom is -0.446 e. The maximum Gasteiger partial charge on any atom is 0.277 e. The van der Waals surface area contributed by atoms with Crippen molar-refractivity contribution in [2.45, 2.75) is 37.8 Å². The number of hydrogen-bond donors (Lipinski definition) is 4. The summed E-state index contributed by atoms with van der Waals surface area (Å²) < 4.78 is 5.64. The van der Waals surface area contributed by atoms with Gasteiger partial charge in [0, 0.05) is 5.39 Å². The monoisotopic (exact) mass is 486 g/mol. The van der Waals surface area contributed by atoms with Crippen molar-refractivity contribution in [2.24, 2.45) is 11.5 Å². The number of nitrogens with zero attached hydrogens (tertiary/aromatic N) is 2. The molecule has 0 aliphatic rings. The van der Waals surface area contributed by atoms with Crippen molar-refractivity contribution < 1.29 is 14.0 Å². The summed E-state index contributed by atoms with van der Waals surface area (Å²) in [7, 11) is 0. The lowest BCUT2D eigenvalue weighted by atomic mass is 10.0. The molecule has 6 N–H and O–H groups in total. The maximum atomic E-state index is 12.8. The summed E-state index contributed by atoms with van der Waals surface area (Å²) in [5.41, 5.74) is 14.2. The number of rotatable bonds is 11. The zero-order valence-corrected chi connectivity index (χ0v) is 19.9. The van der Waals surface area contributed by atoms with Crippen molar-refractivity contribution in [3.63, 3.8) is 0 Å². The minimum atomic E-state index is -0.689. The molecule has 9 nitrogen and oxygen atoms in total. The Morgan fingerprint density at radius 1 is 1.03 bits per heavy atom. The Kier molecular flexibility index (Phi) is 8.38. The molecule has 9 heteroatoms. The summed E-state index contributed by atoms with van der Waals surface area (Å²) >= 11 is 0. The van der Waals surface area contributed by atoms with Crippen LogP contribution in [0.2, 0.25) is 0 Å². The van der Waals surface area contributed by atoms with Gasteiger partial charge in [0.1, 0.15) is 12.3 Å². The van der Waals surface area contributed by atoms with E-state index in [1.54, 1.807) is 6.20 Å².